The second-order valence-corrected chi connectivity index (χ2v) is 17.3. The number of hydrogen-bond acceptors (Lipinski definition) is 2. The lowest BCUT2D eigenvalue weighted by Gasteiger charge is -2.55. The summed E-state index contributed by atoms with van der Waals surface area (Å²) in [6, 6.07) is 7.65. The van der Waals surface area contributed by atoms with Crippen molar-refractivity contribution >= 4 is 18.5 Å². The van der Waals surface area contributed by atoms with Gasteiger partial charge in [-0.1, -0.05) is 52.3 Å². The Morgan fingerprint density at radius 3 is 2.53 bits per heavy atom. The lowest BCUT2D eigenvalue weighted by Crippen LogP contribution is -2.54. The predicted octanol–water partition coefficient (Wildman–Crippen LogP) is 5.27. The Labute approximate surface area is 197 Å². The lowest BCUT2D eigenvalue weighted by atomic mass is 9.50. The van der Waals surface area contributed by atoms with Gasteiger partial charge in [0.2, 0.25) is 8.32 Å². The maximum Gasteiger partial charge on any atom is 0.276 e. The summed E-state index contributed by atoms with van der Waals surface area (Å²) < 4.78 is 30.7. The zero-order chi connectivity index (χ0) is 23.8. The van der Waals surface area contributed by atoms with Crippen LogP contribution in [0.5, 0.6) is 0 Å². The van der Waals surface area contributed by atoms with Crippen molar-refractivity contribution in [2.24, 2.45) is 11.3 Å². The molecule has 3 rings (SSSR count). The van der Waals surface area contributed by atoms with Gasteiger partial charge >= 0.3 is 0 Å². The van der Waals surface area contributed by atoms with Gasteiger partial charge in [-0.15, -0.1) is 0 Å². The highest BCUT2D eigenvalue weighted by molar-refractivity contribution is 7.87. The second-order valence-electron chi connectivity index (χ2n) is 11.7. The highest BCUT2D eigenvalue weighted by Gasteiger charge is 2.51. The molecule has 1 aromatic rings. The average molecular weight is 480 g/mol. The van der Waals surface area contributed by atoms with Gasteiger partial charge in [0.25, 0.3) is 10.2 Å². The maximum atomic E-state index is 12.6. The molecule has 5 nitrogen and oxygen atoms in total. The van der Waals surface area contributed by atoms with Crippen molar-refractivity contribution in [2.45, 2.75) is 96.7 Å². The molecule has 2 aliphatic rings. The summed E-state index contributed by atoms with van der Waals surface area (Å²) >= 11 is 0. The maximum absolute atomic E-state index is 12.6. The molecule has 0 spiro atoms. The van der Waals surface area contributed by atoms with Gasteiger partial charge in [0, 0.05) is 13.1 Å². The molecule has 0 unspecified atom stereocenters. The van der Waals surface area contributed by atoms with Crippen molar-refractivity contribution in [1.82, 2.24) is 9.44 Å². The number of benzene rings is 1. The van der Waals surface area contributed by atoms with Gasteiger partial charge in [0.1, 0.15) is 0 Å². The van der Waals surface area contributed by atoms with Crippen LogP contribution in [0.2, 0.25) is 19.1 Å². The minimum absolute atomic E-state index is 0.0694. The molecule has 2 aliphatic carbocycles. The quantitative estimate of drug-likeness (QED) is 0.374. The van der Waals surface area contributed by atoms with Crippen molar-refractivity contribution in [1.29, 1.82) is 0 Å². The molecule has 1 saturated carbocycles. The van der Waals surface area contributed by atoms with Crippen LogP contribution in [0.15, 0.2) is 18.2 Å². The Kier molecular flexibility index (Phi) is 7.68. The summed E-state index contributed by atoms with van der Waals surface area (Å²) in [6.45, 7) is 13.5. The molecule has 32 heavy (non-hydrogen) atoms. The second kappa shape index (κ2) is 9.49. The summed E-state index contributed by atoms with van der Waals surface area (Å²) in [5, 5.41) is 0. The average Bonchev–Trinajstić information content (AvgIpc) is 2.69. The summed E-state index contributed by atoms with van der Waals surface area (Å²) in [5.74, 6) is 0.988. The summed E-state index contributed by atoms with van der Waals surface area (Å²) in [7, 11) is -5.94. The van der Waals surface area contributed by atoms with Crippen molar-refractivity contribution in [3.63, 3.8) is 0 Å². The smallest absolute Gasteiger partial charge is 0.276 e. The first-order valence-corrected chi connectivity index (χ1v) is 16.9. The Balaban J connectivity index is 1.69. The number of fused-ring (bicyclic) bond motifs is 3. The standard InChI is InChI=1S/C25H43N2O3SSi/c1-19(2)20-9-11-22-21(17-20)10-12-23-24(3,13-7-14-25(22,23)4)18-27-31(28,29)26-15-8-16-32(5,6)30/h9,11,17,19,23,26-27H,7-8,10,12-16,18H2,1-6H3/t23-,24+,25+/m0/s1. The topological polar surface area (TPSA) is 78.1 Å². The fourth-order valence-corrected chi connectivity index (χ4v) is 8.31. The molecular weight excluding hydrogens is 436 g/mol. The summed E-state index contributed by atoms with van der Waals surface area (Å²) in [4.78, 5) is 11.9. The first-order chi connectivity index (χ1) is 14.8. The van der Waals surface area contributed by atoms with Crippen molar-refractivity contribution < 1.29 is 13.2 Å². The van der Waals surface area contributed by atoms with Gasteiger partial charge in [-0.3, -0.25) is 4.80 Å². The first-order valence-electron chi connectivity index (χ1n) is 12.3. The van der Waals surface area contributed by atoms with Gasteiger partial charge in [-0.25, -0.2) is 9.44 Å². The summed E-state index contributed by atoms with van der Waals surface area (Å²) in [6.07, 6.45) is 6.13. The van der Waals surface area contributed by atoms with E-state index in [0.717, 1.165) is 25.7 Å². The van der Waals surface area contributed by atoms with Gasteiger partial charge in [-0.05, 0) is 90.6 Å². The highest BCUT2D eigenvalue weighted by atomic mass is 32.2. The first kappa shape index (κ1) is 25.9. The number of rotatable bonds is 9. The van der Waals surface area contributed by atoms with Crippen molar-refractivity contribution in [3.8, 4) is 0 Å². The van der Waals surface area contributed by atoms with Gasteiger partial charge < -0.3 is 0 Å². The molecule has 3 atom stereocenters. The SMILES string of the molecule is CC(C)c1ccc2c(c1)CC[C@H]1[C@@](C)(CNS(=O)(=O)NCCC[Si](C)(C)[O])CCC[C@]21C. The largest absolute Gasteiger partial charge is 0.298 e. The Hall–Kier alpha value is -0.733. The van der Waals surface area contributed by atoms with Crippen LogP contribution in [0.3, 0.4) is 0 Å². The fraction of sp³-hybridized carbons (Fsp3) is 0.760. The molecular formula is C25H43N2O3SSi. The molecule has 0 saturated heterocycles. The molecule has 1 radical (unpaired) electrons. The van der Waals surface area contributed by atoms with E-state index in [-0.39, 0.29) is 10.8 Å². The van der Waals surface area contributed by atoms with E-state index in [1.165, 1.54) is 23.1 Å². The lowest BCUT2D eigenvalue weighted by molar-refractivity contribution is 0.0298. The van der Waals surface area contributed by atoms with Crippen LogP contribution in [0.25, 0.3) is 0 Å². The van der Waals surface area contributed by atoms with Gasteiger partial charge in [-0.2, -0.15) is 8.42 Å². The molecule has 1 aromatic carbocycles. The van der Waals surface area contributed by atoms with Gasteiger partial charge in [0.05, 0.1) is 0 Å². The van der Waals surface area contributed by atoms with Crippen LogP contribution in [-0.2, 0) is 26.8 Å². The number of hydrogen-bond donors (Lipinski definition) is 2. The molecule has 7 heteroatoms. The minimum atomic E-state index is -3.56. The Morgan fingerprint density at radius 1 is 1.16 bits per heavy atom. The van der Waals surface area contributed by atoms with Crippen molar-refractivity contribution in [2.75, 3.05) is 13.1 Å². The van der Waals surface area contributed by atoms with Crippen LogP contribution in [0, 0.1) is 11.3 Å². The number of nitrogens with one attached hydrogen (secondary N) is 2. The van der Waals surface area contributed by atoms with Crippen LogP contribution >= 0.6 is 0 Å². The fourth-order valence-electron chi connectivity index (χ4n) is 6.25. The third-order valence-corrected chi connectivity index (χ3v) is 10.7. The van der Waals surface area contributed by atoms with Gasteiger partial charge in [0.15, 0.2) is 0 Å². The third-order valence-electron chi connectivity index (χ3n) is 8.08. The Morgan fingerprint density at radius 2 is 1.88 bits per heavy atom. The van der Waals surface area contributed by atoms with Crippen molar-refractivity contribution in [3.05, 3.63) is 34.9 Å². The van der Waals surface area contributed by atoms with Crippen LogP contribution in [0.4, 0.5) is 0 Å². The molecule has 0 bridgehead atoms. The summed E-state index contributed by atoms with van der Waals surface area (Å²) in [5.41, 5.74) is 4.41. The van der Waals surface area contributed by atoms with E-state index in [0.29, 0.717) is 37.4 Å². The molecule has 0 aromatic heterocycles. The molecule has 1 fully saturated rings. The molecule has 0 aliphatic heterocycles. The van der Waals surface area contributed by atoms with Crippen LogP contribution in [0.1, 0.15) is 82.4 Å². The normalized spacial score (nSPS) is 28.4. The van der Waals surface area contributed by atoms with E-state index < -0.39 is 18.5 Å². The van der Waals surface area contributed by atoms with Crippen LogP contribution < -0.4 is 9.44 Å². The van der Waals surface area contributed by atoms with E-state index in [4.69, 9.17) is 0 Å². The highest BCUT2D eigenvalue weighted by Crippen LogP contribution is 2.57. The number of aryl methyl sites for hydroxylation is 1. The minimum Gasteiger partial charge on any atom is -0.298 e. The molecule has 0 heterocycles. The molecule has 181 valence electrons. The molecule has 0 amide bonds. The van der Waals surface area contributed by atoms with Crippen LogP contribution in [-0.4, -0.2) is 29.8 Å². The predicted molar refractivity (Wildman–Crippen MR) is 134 cm³/mol. The zero-order valence-corrected chi connectivity index (χ0v) is 22.7. The van der Waals surface area contributed by atoms with E-state index in [1.54, 1.807) is 13.1 Å². The third kappa shape index (κ3) is 5.84. The van der Waals surface area contributed by atoms with E-state index >= 15 is 0 Å². The van der Waals surface area contributed by atoms with E-state index in [1.807, 2.05) is 0 Å². The zero-order valence-electron chi connectivity index (χ0n) is 20.9. The van der Waals surface area contributed by atoms with E-state index in [2.05, 4.69) is 55.3 Å². The van der Waals surface area contributed by atoms with E-state index in [9.17, 15) is 13.2 Å². The Bertz CT molecular complexity index is 912. The monoisotopic (exact) mass is 479 g/mol. The molecule has 2 N–H and O–H groups in total.